The Balaban J connectivity index is 1.50. The van der Waals surface area contributed by atoms with Crippen molar-refractivity contribution in [2.75, 3.05) is 36.4 Å². The average molecular weight is 374 g/mol. The molecule has 0 aliphatic carbocycles. The van der Waals surface area contributed by atoms with Crippen LogP contribution in [-0.2, 0) is 0 Å². The van der Waals surface area contributed by atoms with Crippen LogP contribution in [0.15, 0.2) is 54.9 Å². The quantitative estimate of drug-likeness (QED) is 0.713. The maximum Gasteiger partial charge on any atom is 0.130 e. The fourth-order valence-electron chi connectivity index (χ4n) is 3.47. The van der Waals surface area contributed by atoms with E-state index in [1.807, 2.05) is 19.2 Å². The lowest BCUT2D eigenvalue weighted by atomic mass is 10.0. The summed E-state index contributed by atoms with van der Waals surface area (Å²) in [6.45, 7) is 8.08. The number of rotatable bonds is 5. The van der Waals surface area contributed by atoms with Gasteiger partial charge >= 0.3 is 0 Å². The molecular formula is C22H26N6. The van der Waals surface area contributed by atoms with Gasteiger partial charge in [0.2, 0.25) is 0 Å². The molecule has 144 valence electrons. The van der Waals surface area contributed by atoms with Gasteiger partial charge in [-0.05, 0) is 49.2 Å². The molecule has 2 aromatic heterocycles. The van der Waals surface area contributed by atoms with E-state index in [0.717, 1.165) is 49.2 Å². The molecule has 0 radical (unpaired) electrons. The topological polar surface area (TPSA) is 66.0 Å². The van der Waals surface area contributed by atoms with Crippen LogP contribution in [0, 0.1) is 6.92 Å². The van der Waals surface area contributed by atoms with Crippen LogP contribution in [0.1, 0.15) is 24.4 Å². The molecule has 0 unspecified atom stereocenters. The smallest absolute Gasteiger partial charge is 0.130 e. The van der Waals surface area contributed by atoms with Gasteiger partial charge in [0.15, 0.2) is 0 Å². The van der Waals surface area contributed by atoms with E-state index in [0.29, 0.717) is 0 Å². The molecule has 1 aliphatic rings. The van der Waals surface area contributed by atoms with E-state index in [-0.39, 0.29) is 6.04 Å². The Morgan fingerprint density at radius 1 is 1.04 bits per heavy atom. The fourth-order valence-corrected chi connectivity index (χ4v) is 3.47. The molecule has 6 nitrogen and oxygen atoms in total. The van der Waals surface area contributed by atoms with E-state index < -0.39 is 0 Å². The zero-order valence-electron chi connectivity index (χ0n) is 16.4. The van der Waals surface area contributed by atoms with Crippen LogP contribution < -0.4 is 15.5 Å². The average Bonchev–Trinajstić information content (AvgIpc) is 2.75. The lowest BCUT2D eigenvalue weighted by Crippen LogP contribution is -2.43. The van der Waals surface area contributed by atoms with Crippen LogP contribution >= 0.6 is 0 Å². The lowest BCUT2D eigenvalue weighted by Gasteiger charge is -2.28. The van der Waals surface area contributed by atoms with Crippen molar-refractivity contribution in [2.45, 2.75) is 19.9 Å². The SMILES string of the molecule is Cc1nccc(N[C@@H](C)c2cccc(-c3ccc(N4CCNCC4)nc3)c2)n1. The first-order valence-corrected chi connectivity index (χ1v) is 9.77. The van der Waals surface area contributed by atoms with Crippen LogP contribution in [0.5, 0.6) is 0 Å². The van der Waals surface area contributed by atoms with Gasteiger partial charge < -0.3 is 15.5 Å². The molecular weight excluding hydrogens is 348 g/mol. The Bertz CT molecular complexity index is 918. The summed E-state index contributed by atoms with van der Waals surface area (Å²) in [6.07, 6.45) is 3.75. The van der Waals surface area contributed by atoms with Gasteiger partial charge in [-0.15, -0.1) is 0 Å². The number of hydrogen-bond donors (Lipinski definition) is 2. The third-order valence-electron chi connectivity index (χ3n) is 5.05. The molecule has 1 saturated heterocycles. The zero-order valence-corrected chi connectivity index (χ0v) is 16.4. The number of aromatic nitrogens is 3. The van der Waals surface area contributed by atoms with Crippen LogP contribution in [0.25, 0.3) is 11.1 Å². The van der Waals surface area contributed by atoms with E-state index in [1.165, 1.54) is 11.1 Å². The first-order valence-electron chi connectivity index (χ1n) is 9.77. The molecule has 3 heterocycles. The minimum Gasteiger partial charge on any atom is -0.363 e. The standard InChI is InChI=1S/C22H26N6/c1-16(26-21-8-9-24-17(2)27-21)18-4-3-5-19(14-18)20-6-7-22(25-15-20)28-12-10-23-11-13-28/h3-9,14-16,23H,10-13H2,1-2H3,(H,24,26,27)/t16-/m0/s1. The summed E-state index contributed by atoms with van der Waals surface area (Å²) in [5, 5.41) is 6.83. The number of benzene rings is 1. The van der Waals surface area contributed by atoms with E-state index >= 15 is 0 Å². The predicted molar refractivity (Wildman–Crippen MR) is 114 cm³/mol. The van der Waals surface area contributed by atoms with Crippen molar-refractivity contribution in [3.8, 4) is 11.1 Å². The number of nitrogens with one attached hydrogen (secondary N) is 2. The number of hydrogen-bond acceptors (Lipinski definition) is 6. The monoisotopic (exact) mass is 374 g/mol. The minimum atomic E-state index is 0.141. The second kappa shape index (κ2) is 8.35. The highest BCUT2D eigenvalue weighted by molar-refractivity contribution is 5.65. The molecule has 3 aromatic rings. The first kappa shape index (κ1) is 18.4. The van der Waals surface area contributed by atoms with E-state index in [4.69, 9.17) is 4.98 Å². The molecule has 0 bridgehead atoms. The lowest BCUT2D eigenvalue weighted by molar-refractivity contribution is 0.585. The van der Waals surface area contributed by atoms with Crippen molar-refractivity contribution >= 4 is 11.6 Å². The third-order valence-corrected chi connectivity index (χ3v) is 5.05. The van der Waals surface area contributed by atoms with Gasteiger partial charge in [0.25, 0.3) is 0 Å². The van der Waals surface area contributed by atoms with Crippen molar-refractivity contribution in [3.63, 3.8) is 0 Å². The number of piperazine rings is 1. The fraction of sp³-hybridized carbons (Fsp3) is 0.318. The summed E-state index contributed by atoms with van der Waals surface area (Å²) in [7, 11) is 0. The molecule has 6 heteroatoms. The van der Waals surface area contributed by atoms with E-state index in [1.54, 1.807) is 6.20 Å². The van der Waals surface area contributed by atoms with Gasteiger partial charge in [-0.25, -0.2) is 15.0 Å². The highest BCUT2D eigenvalue weighted by atomic mass is 15.2. The van der Waals surface area contributed by atoms with Crippen molar-refractivity contribution in [1.82, 2.24) is 20.3 Å². The minimum absolute atomic E-state index is 0.141. The third kappa shape index (κ3) is 4.28. The number of nitrogens with zero attached hydrogens (tertiary/aromatic N) is 4. The summed E-state index contributed by atoms with van der Waals surface area (Å²) >= 11 is 0. The van der Waals surface area contributed by atoms with Crippen molar-refractivity contribution in [3.05, 3.63) is 66.2 Å². The Morgan fingerprint density at radius 2 is 1.89 bits per heavy atom. The molecule has 0 amide bonds. The Morgan fingerprint density at radius 3 is 2.64 bits per heavy atom. The molecule has 1 aliphatic heterocycles. The Labute approximate surface area is 166 Å². The second-order valence-electron chi connectivity index (χ2n) is 7.12. The highest BCUT2D eigenvalue weighted by Gasteiger charge is 2.12. The molecule has 2 N–H and O–H groups in total. The van der Waals surface area contributed by atoms with Gasteiger partial charge in [0.1, 0.15) is 17.5 Å². The van der Waals surface area contributed by atoms with Gasteiger partial charge in [-0.1, -0.05) is 18.2 Å². The van der Waals surface area contributed by atoms with E-state index in [9.17, 15) is 0 Å². The van der Waals surface area contributed by atoms with Gasteiger partial charge in [-0.3, -0.25) is 0 Å². The largest absolute Gasteiger partial charge is 0.363 e. The molecule has 1 aromatic carbocycles. The molecule has 0 spiro atoms. The van der Waals surface area contributed by atoms with Crippen molar-refractivity contribution in [1.29, 1.82) is 0 Å². The summed E-state index contributed by atoms with van der Waals surface area (Å²) in [6, 6.07) is 14.9. The normalized spacial score (nSPS) is 15.3. The van der Waals surface area contributed by atoms with Gasteiger partial charge in [0.05, 0.1) is 0 Å². The molecule has 28 heavy (non-hydrogen) atoms. The molecule has 4 rings (SSSR count). The highest BCUT2D eigenvalue weighted by Crippen LogP contribution is 2.25. The van der Waals surface area contributed by atoms with Crippen LogP contribution in [0.3, 0.4) is 0 Å². The summed E-state index contributed by atoms with van der Waals surface area (Å²) in [4.78, 5) is 15.6. The maximum atomic E-state index is 4.70. The van der Waals surface area contributed by atoms with Crippen LogP contribution in [-0.4, -0.2) is 41.1 Å². The predicted octanol–water partition coefficient (Wildman–Crippen LogP) is 3.43. The van der Waals surface area contributed by atoms with Gasteiger partial charge in [-0.2, -0.15) is 0 Å². The number of anilines is 2. The molecule has 1 fully saturated rings. The summed E-state index contributed by atoms with van der Waals surface area (Å²) < 4.78 is 0. The van der Waals surface area contributed by atoms with Crippen molar-refractivity contribution < 1.29 is 0 Å². The van der Waals surface area contributed by atoms with E-state index in [2.05, 4.69) is 68.8 Å². The van der Waals surface area contributed by atoms with Gasteiger partial charge in [0, 0.05) is 50.2 Å². The first-order chi connectivity index (χ1) is 13.7. The zero-order chi connectivity index (χ0) is 19.3. The summed E-state index contributed by atoms with van der Waals surface area (Å²) in [5.41, 5.74) is 3.51. The number of aryl methyl sites for hydroxylation is 1. The molecule has 0 saturated carbocycles. The molecule has 1 atom stereocenters. The van der Waals surface area contributed by atoms with Crippen LogP contribution in [0.4, 0.5) is 11.6 Å². The summed E-state index contributed by atoms with van der Waals surface area (Å²) in [5.74, 6) is 2.66. The maximum absolute atomic E-state index is 4.70. The Kier molecular flexibility index (Phi) is 5.48. The Hall–Kier alpha value is -2.99. The second-order valence-corrected chi connectivity index (χ2v) is 7.12. The number of pyridine rings is 1. The van der Waals surface area contributed by atoms with Crippen LogP contribution in [0.2, 0.25) is 0 Å². The van der Waals surface area contributed by atoms with Crippen molar-refractivity contribution in [2.24, 2.45) is 0 Å².